The van der Waals surface area contributed by atoms with E-state index < -0.39 is 0 Å². The van der Waals surface area contributed by atoms with Crippen molar-refractivity contribution in [2.45, 2.75) is 129 Å². The number of benzene rings is 1. The van der Waals surface area contributed by atoms with Crippen LogP contribution in [0.1, 0.15) is 92.2 Å². The Morgan fingerprint density at radius 1 is 0.647 bits per heavy atom. The second kappa shape index (κ2) is 9.62. The first kappa shape index (κ1) is 26.7. The minimum Gasteiger partial charge on any atom is -0.373 e. The quantitative estimate of drug-likeness (QED) is 0.495. The Morgan fingerprint density at radius 3 is 1.15 bits per heavy atom. The Morgan fingerprint density at radius 2 is 0.912 bits per heavy atom. The SMILES string of the molecule is CC1(C)CC(OCc2ccc(COC3CC(C)(C)N(C=O)C(C)(C)C3)cc2)CC(C)(C)N1C=O. The van der Waals surface area contributed by atoms with Gasteiger partial charge in [0.05, 0.1) is 25.4 Å². The molecule has 2 fully saturated rings. The van der Waals surface area contributed by atoms with Crippen LogP contribution in [0.15, 0.2) is 24.3 Å². The van der Waals surface area contributed by atoms with E-state index in [0.29, 0.717) is 13.2 Å². The lowest BCUT2D eigenvalue weighted by atomic mass is 9.78. The van der Waals surface area contributed by atoms with Crippen LogP contribution in [0.2, 0.25) is 0 Å². The molecule has 2 aliphatic heterocycles. The molecule has 0 N–H and O–H groups in total. The average molecular weight is 473 g/mol. The highest BCUT2D eigenvalue weighted by atomic mass is 16.5. The first-order valence-corrected chi connectivity index (χ1v) is 12.5. The fourth-order valence-electron chi connectivity index (χ4n) is 6.37. The zero-order chi connectivity index (χ0) is 25.4. The van der Waals surface area contributed by atoms with Crippen LogP contribution in [-0.2, 0) is 32.3 Å². The Balaban J connectivity index is 1.52. The fourth-order valence-corrected chi connectivity index (χ4v) is 6.37. The average Bonchev–Trinajstić information content (AvgIpc) is 2.68. The topological polar surface area (TPSA) is 59.1 Å². The normalized spacial score (nSPS) is 24.1. The van der Waals surface area contributed by atoms with E-state index in [0.717, 1.165) is 49.6 Å². The van der Waals surface area contributed by atoms with Gasteiger partial charge >= 0.3 is 0 Å². The highest BCUT2D eigenvalue weighted by Crippen LogP contribution is 2.39. The van der Waals surface area contributed by atoms with Gasteiger partial charge < -0.3 is 19.3 Å². The van der Waals surface area contributed by atoms with Crippen LogP contribution in [-0.4, -0.2) is 57.0 Å². The maximum Gasteiger partial charge on any atom is 0.210 e. The molecule has 2 saturated heterocycles. The van der Waals surface area contributed by atoms with Gasteiger partial charge in [-0.05, 0) is 92.2 Å². The van der Waals surface area contributed by atoms with Gasteiger partial charge in [-0.3, -0.25) is 9.59 Å². The van der Waals surface area contributed by atoms with Crippen molar-refractivity contribution in [3.05, 3.63) is 35.4 Å². The lowest BCUT2D eigenvalue weighted by Gasteiger charge is -2.53. The number of nitrogens with zero attached hydrogens (tertiary/aromatic N) is 2. The summed E-state index contributed by atoms with van der Waals surface area (Å²) in [4.78, 5) is 27.1. The van der Waals surface area contributed by atoms with Gasteiger partial charge in [-0.15, -0.1) is 0 Å². The number of hydrogen-bond acceptors (Lipinski definition) is 4. The van der Waals surface area contributed by atoms with Crippen molar-refractivity contribution in [1.29, 1.82) is 0 Å². The summed E-state index contributed by atoms with van der Waals surface area (Å²) >= 11 is 0. The monoisotopic (exact) mass is 472 g/mol. The Labute approximate surface area is 206 Å². The van der Waals surface area contributed by atoms with Gasteiger partial charge in [0.25, 0.3) is 0 Å². The van der Waals surface area contributed by atoms with E-state index in [9.17, 15) is 9.59 Å². The maximum atomic E-state index is 11.6. The molecule has 190 valence electrons. The van der Waals surface area contributed by atoms with Gasteiger partial charge in [0, 0.05) is 22.2 Å². The molecule has 1 aromatic carbocycles. The van der Waals surface area contributed by atoms with Crippen LogP contribution in [0.4, 0.5) is 0 Å². The first-order chi connectivity index (χ1) is 15.7. The number of likely N-dealkylation sites (tertiary alicyclic amines) is 2. The van der Waals surface area contributed by atoms with Gasteiger partial charge in [0.1, 0.15) is 0 Å². The second-order valence-electron chi connectivity index (χ2n) is 12.7. The highest BCUT2D eigenvalue weighted by Gasteiger charge is 2.46. The van der Waals surface area contributed by atoms with E-state index >= 15 is 0 Å². The molecule has 0 spiro atoms. The third-order valence-electron chi connectivity index (χ3n) is 7.72. The molecule has 1 aromatic rings. The minimum atomic E-state index is -0.222. The van der Waals surface area contributed by atoms with Crippen molar-refractivity contribution in [2.24, 2.45) is 0 Å². The van der Waals surface area contributed by atoms with Crippen molar-refractivity contribution >= 4 is 12.8 Å². The molecule has 0 radical (unpaired) electrons. The molecule has 2 heterocycles. The maximum absolute atomic E-state index is 11.6. The Kier molecular flexibility index (Phi) is 7.55. The second-order valence-corrected chi connectivity index (χ2v) is 12.7. The summed E-state index contributed by atoms with van der Waals surface area (Å²) in [6.45, 7) is 18.0. The summed E-state index contributed by atoms with van der Waals surface area (Å²) in [5.74, 6) is 0. The number of carbonyl (C=O) groups excluding carboxylic acids is 2. The number of hydrogen-bond donors (Lipinski definition) is 0. The number of ether oxygens (including phenoxy) is 2. The van der Waals surface area contributed by atoms with Gasteiger partial charge in [-0.1, -0.05) is 24.3 Å². The number of amides is 2. The summed E-state index contributed by atoms with van der Waals surface area (Å²) < 4.78 is 12.6. The minimum absolute atomic E-state index is 0.119. The van der Waals surface area contributed by atoms with E-state index in [4.69, 9.17) is 9.47 Å². The molecular weight excluding hydrogens is 428 g/mol. The van der Waals surface area contributed by atoms with Gasteiger partial charge in [-0.25, -0.2) is 0 Å². The van der Waals surface area contributed by atoms with E-state index in [1.807, 2.05) is 9.80 Å². The van der Waals surface area contributed by atoms with Crippen molar-refractivity contribution < 1.29 is 19.1 Å². The number of piperidine rings is 2. The molecule has 3 rings (SSSR count). The van der Waals surface area contributed by atoms with Crippen molar-refractivity contribution in [2.75, 3.05) is 0 Å². The first-order valence-electron chi connectivity index (χ1n) is 12.5. The summed E-state index contributed by atoms with van der Waals surface area (Å²) in [6, 6.07) is 8.44. The molecule has 0 unspecified atom stereocenters. The molecule has 2 amide bonds. The van der Waals surface area contributed by atoms with Gasteiger partial charge in [0.2, 0.25) is 12.8 Å². The Bertz CT molecular complexity index is 753. The summed E-state index contributed by atoms with van der Waals surface area (Å²) in [5.41, 5.74) is 1.39. The largest absolute Gasteiger partial charge is 0.373 e. The fraction of sp³-hybridized carbons (Fsp3) is 0.714. The third-order valence-corrected chi connectivity index (χ3v) is 7.72. The molecule has 6 heteroatoms. The summed E-state index contributed by atoms with van der Waals surface area (Å²) in [7, 11) is 0. The molecule has 0 aromatic heterocycles. The van der Waals surface area contributed by atoms with Crippen LogP contribution >= 0.6 is 0 Å². The predicted octanol–water partition coefficient (Wildman–Crippen LogP) is 5.08. The third kappa shape index (κ3) is 5.83. The standard InChI is InChI=1S/C28H44N2O4/c1-25(2)13-23(14-26(3,4)29(25)19-31)33-17-21-9-11-22(12-10-21)18-34-24-15-27(5,6)30(20-32)28(7,8)16-24/h9-12,19-20,23-24H,13-18H2,1-8H3. The van der Waals surface area contributed by atoms with E-state index in [1.54, 1.807) is 0 Å². The molecule has 6 nitrogen and oxygen atoms in total. The zero-order valence-corrected chi connectivity index (χ0v) is 22.4. The summed E-state index contributed by atoms with van der Waals surface area (Å²) in [5, 5.41) is 0. The molecular formula is C28H44N2O4. The highest BCUT2D eigenvalue weighted by molar-refractivity contribution is 5.51. The molecule has 0 bridgehead atoms. The zero-order valence-electron chi connectivity index (χ0n) is 22.4. The molecule has 0 atom stereocenters. The Hall–Kier alpha value is -1.92. The smallest absolute Gasteiger partial charge is 0.210 e. The van der Waals surface area contributed by atoms with Crippen LogP contribution in [0, 0.1) is 0 Å². The molecule has 2 aliphatic rings. The van der Waals surface area contributed by atoms with Crippen LogP contribution in [0.5, 0.6) is 0 Å². The van der Waals surface area contributed by atoms with Crippen LogP contribution in [0.3, 0.4) is 0 Å². The number of rotatable bonds is 8. The lowest BCUT2D eigenvalue weighted by Crippen LogP contribution is -2.61. The van der Waals surface area contributed by atoms with Crippen molar-refractivity contribution in [3.8, 4) is 0 Å². The van der Waals surface area contributed by atoms with Gasteiger partial charge in [0.15, 0.2) is 0 Å². The molecule has 34 heavy (non-hydrogen) atoms. The van der Waals surface area contributed by atoms with Crippen LogP contribution < -0.4 is 0 Å². The molecule has 0 saturated carbocycles. The molecule has 0 aliphatic carbocycles. The van der Waals surface area contributed by atoms with E-state index in [2.05, 4.69) is 79.7 Å². The lowest BCUT2D eigenvalue weighted by molar-refractivity contribution is -0.146. The van der Waals surface area contributed by atoms with E-state index in [1.165, 1.54) is 0 Å². The predicted molar refractivity (Wildman–Crippen MR) is 134 cm³/mol. The number of carbonyl (C=O) groups is 2. The van der Waals surface area contributed by atoms with Crippen molar-refractivity contribution in [3.63, 3.8) is 0 Å². The summed E-state index contributed by atoms with van der Waals surface area (Å²) in [6.07, 6.45) is 5.51. The van der Waals surface area contributed by atoms with Crippen LogP contribution in [0.25, 0.3) is 0 Å². The van der Waals surface area contributed by atoms with E-state index in [-0.39, 0.29) is 34.4 Å². The van der Waals surface area contributed by atoms with Gasteiger partial charge in [-0.2, -0.15) is 0 Å². The van der Waals surface area contributed by atoms with Crippen molar-refractivity contribution in [1.82, 2.24) is 9.80 Å².